The number of H-pyrrole nitrogens is 1. The summed E-state index contributed by atoms with van der Waals surface area (Å²) in [6.45, 7) is -1.42. The number of alkyl halides is 17. The van der Waals surface area contributed by atoms with Crippen molar-refractivity contribution in [1.82, 2.24) is 9.97 Å². The number of pyridine rings is 1. The highest BCUT2D eigenvalue weighted by Crippen LogP contribution is 2.64. The number of rotatable bonds is 28. The number of hydrogen-bond acceptors (Lipinski definition) is 11. The fraction of sp³-hybridized carbons (Fsp3) is 0.583. The Labute approximate surface area is 362 Å². The van der Waals surface area contributed by atoms with Gasteiger partial charge in [-0.2, -0.15) is 74.6 Å². The molecule has 2 aromatic heterocycles. The number of halogens is 17. The average Bonchev–Trinajstić information content (AvgIpc) is 3.68. The van der Waals surface area contributed by atoms with E-state index in [1.54, 1.807) is 0 Å². The van der Waals surface area contributed by atoms with Crippen LogP contribution in [-0.4, -0.2) is 156 Å². The fourth-order valence-electron chi connectivity index (χ4n) is 5.65. The van der Waals surface area contributed by atoms with Gasteiger partial charge in [0.1, 0.15) is 29.5 Å². The quantitative estimate of drug-likeness (QED) is 0.0325. The minimum atomic E-state index is -8.73. The number of carboxylic acid groups (broad SMARTS) is 2. The van der Waals surface area contributed by atoms with Crippen molar-refractivity contribution in [3.05, 3.63) is 40.3 Å². The summed E-state index contributed by atoms with van der Waals surface area (Å²) in [7, 11) is 0. The minimum Gasteiger partial charge on any atom is -0.478 e. The molecule has 0 amide bonds. The molecule has 2 aromatic rings. The second-order valence-electron chi connectivity index (χ2n) is 14.0. The zero-order valence-electron chi connectivity index (χ0n) is 33.2. The van der Waals surface area contributed by atoms with Gasteiger partial charge in [0, 0.05) is 31.4 Å². The molecule has 0 fully saturated rings. The monoisotopic (exact) mass is 1010 g/mol. The first-order valence-electron chi connectivity index (χ1n) is 18.5. The number of ether oxygens (including phenoxy) is 4. The zero-order valence-corrected chi connectivity index (χ0v) is 33.2. The maximum absolute atomic E-state index is 14.0. The van der Waals surface area contributed by atoms with Crippen LogP contribution in [0.5, 0.6) is 0 Å². The van der Waals surface area contributed by atoms with E-state index in [0.29, 0.717) is 0 Å². The Morgan fingerprint density at radius 3 is 1.54 bits per heavy atom. The summed E-state index contributed by atoms with van der Waals surface area (Å²) in [4.78, 5) is 79.4. The number of fused-ring (bicyclic) bond motifs is 3. The molecule has 0 saturated heterocycles. The third-order valence-corrected chi connectivity index (χ3v) is 9.35. The minimum absolute atomic E-state index is 0.0345. The Hall–Kier alpha value is -5.30. The molecule has 31 heteroatoms. The van der Waals surface area contributed by atoms with Gasteiger partial charge in [0.15, 0.2) is 0 Å². The summed E-state index contributed by atoms with van der Waals surface area (Å²) in [5.41, 5.74) is -3.50. The van der Waals surface area contributed by atoms with Crippen molar-refractivity contribution < 1.29 is 133 Å². The van der Waals surface area contributed by atoms with Crippen LogP contribution in [0.15, 0.2) is 12.1 Å². The van der Waals surface area contributed by atoms with E-state index in [1.807, 2.05) is 0 Å². The number of carbonyl (C=O) groups is 6. The van der Waals surface area contributed by atoms with E-state index >= 15 is 0 Å². The van der Waals surface area contributed by atoms with Crippen molar-refractivity contribution >= 4 is 35.1 Å². The molecule has 0 spiro atoms. The fourth-order valence-corrected chi connectivity index (χ4v) is 5.65. The van der Waals surface area contributed by atoms with E-state index in [-0.39, 0.29) is 64.8 Å². The van der Waals surface area contributed by atoms with Gasteiger partial charge in [0.05, 0.1) is 56.5 Å². The summed E-state index contributed by atoms with van der Waals surface area (Å²) in [5, 5.41) is 19.0. The van der Waals surface area contributed by atoms with E-state index in [1.165, 1.54) is 0 Å². The molecule has 3 N–H and O–H groups in total. The molecule has 0 radical (unpaired) electrons. The zero-order chi connectivity index (χ0) is 51.4. The van der Waals surface area contributed by atoms with Gasteiger partial charge < -0.3 is 34.1 Å². The molecule has 1 aliphatic carbocycles. The maximum Gasteiger partial charge on any atom is 0.460 e. The number of Topliss-reactive ketones (excluding diaryl/α,β-unsaturated/α-hetero) is 4. The van der Waals surface area contributed by atoms with Crippen molar-refractivity contribution in [2.75, 3.05) is 52.9 Å². The van der Waals surface area contributed by atoms with Gasteiger partial charge in [0.2, 0.25) is 11.6 Å². The number of aromatic nitrogens is 2. The molecular formula is C36H31F17N2O12. The summed E-state index contributed by atoms with van der Waals surface area (Å²) in [5.74, 6) is -65.2. The Balaban J connectivity index is 1.32. The number of nitrogens with one attached hydrogen (secondary N) is 1. The molecule has 1 aliphatic rings. The molecule has 0 bridgehead atoms. The van der Waals surface area contributed by atoms with Gasteiger partial charge in [-0.25, -0.2) is 14.6 Å². The Morgan fingerprint density at radius 2 is 1.04 bits per heavy atom. The van der Waals surface area contributed by atoms with Crippen LogP contribution in [0, 0.1) is 0 Å². The lowest BCUT2D eigenvalue weighted by Gasteiger charge is -2.42. The van der Waals surface area contributed by atoms with E-state index in [4.69, 9.17) is 18.9 Å². The highest BCUT2D eigenvalue weighted by molar-refractivity contribution is 6.53. The number of aromatic carboxylic acids is 2. The van der Waals surface area contributed by atoms with Crippen LogP contribution in [0.1, 0.15) is 84.3 Å². The van der Waals surface area contributed by atoms with Crippen LogP contribution >= 0.6 is 0 Å². The lowest BCUT2D eigenvalue weighted by atomic mass is 9.87. The first kappa shape index (κ1) is 56.0. The number of aromatic amines is 1. The molecule has 3 rings (SSSR count). The number of carbonyl (C=O) groups excluding carboxylic acids is 4. The number of hydrogen-bond donors (Lipinski definition) is 3. The molecule has 67 heavy (non-hydrogen) atoms. The largest absolute Gasteiger partial charge is 0.478 e. The lowest BCUT2D eigenvalue weighted by molar-refractivity contribution is -0.461. The van der Waals surface area contributed by atoms with Crippen LogP contribution in [0.25, 0.3) is 11.3 Å². The number of nitrogens with zero attached hydrogens (tertiary/aromatic N) is 1. The first-order valence-corrected chi connectivity index (χ1v) is 18.5. The van der Waals surface area contributed by atoms with Crippen LogP contribution in [-0.2, 0) is 23.7 Å². The van der Waals surface area contributed by atoms with Gasteiger partial charge in [-0.3, -0.25) is 19.2 Å². The maximum atomic E-state index is 14.0. The molecule has 376 valence electrons. The SMILES string of the molecule is O=C(CCCCOCCOCCOCCOCC(=O)c1cc(C(=O)O)c2c(n1)C(=O)C(=O)c1cc(C(=O)O)[nH]c1-2)CCC(F)(F)C(F)(F)C(F)(F)C(F)(F)C(F)(F)C(F)(F)C(F)(F)C(F)(F)F. The molecular weight excluding hydrogens is 975 g/mol. The van der Waals surface area contributed by atoms with Crippen LogP contribution in [0.3, 0.4) is 0 Å². The molecule has 0 unspecified atom stereocenters. The normalized spacial score (nSPS) is 14.3. The molecule has 0 atom stereocenters. The van der Waals surface area contributed by atoms with Gasteiger partial charge in [-0.1, -0.05) is 0 Å². The summed E-state index contributed by atoms with van der Waals surface area (Å²) in [6, 6.07) is 1.67. The Kier molecular flexibility index (Phi) is 17.2. The Bertz CT molecular complexity index is 2190. The standard InChI is InChI=1S/C36H31F17N2O12/c37-29(38,30(39,40)31(41,42)32(43,44)33(45,46)34(47,48)35(49,50)36(51,52)53)5-4-16(56)3-1-2-6-64-7-8-65-9-10-66-11-12-67-15-21(57)19-13-17(27(60)61)22-23-18(14-20(55-23)28(62)63)25(58)26(59)24(22)54-19/h13-14,55H,1-12,15H2,(H,60,61)(H,62,63). The number of unbranched alkanes of at least 4 members (excludes halogenated alkanes) is 1. The van der Waals surface area contributed by atoms with Gasteiger partial charge in [0.25, 0.3) is 5.78 Å². The highest BCUT2D eigenvalue weighted by Gasteiger charge is 2.95. The third kappa shape index (κ3) is 11.0. The molecule has 0 saturated carbocycles. The van der Waals surface area contributed by atoms with Crippen molar-refractivity contribution in [2.45, 2.75) is 79.7 Å². The van der Waals surface area contributed by atoms with E-state index in [2.05, 4.69) is 9.97 Å². The second kappa shape index (κ2) is 20.5. The molecule has 0 aliphatic heterocycles. The van der Waals surface area contributed by atoms with Crippen LogP contribution < -0.4 is 0 Å². The summed E-state index contributed by atoms with van der Waals surface area (Å²) < 4.78 is 248. The molecule has 2 heterocycles. The van der Waals surface area contributed by atoms with E-state index < -0.39 is 142 Å². The number of carboxylic acids is 2. The van der Waals surface area contributed by atoms with Crippen molar-refractivity contribution in [2.24, 2.45) is 0 Å². The molecule has 14 nitrogen and oxygen atoms in total. The smallest absolute Gasteiger partial charge is 0.460 e. The van der Waals surface area contributed by atoms with Crippen molar-refractivity contribution in [3.8, 4) is 11.3 Å². The highest BCUT2D eigenvalue weighted by atomic mass is 19.4. The summed E-state index contributed by atoms with van der Waals surface area (Å²) in [6.07, 6.45) is -13.7. The number of ketones is 4. The first-order chi connectivity index (χ1) is 30.5. The van der Waals surface area contributed by atoms with Gasteiger partial charge in [-0.15, -0.1) is 0 Å². The Morgan fingerprint density at radius 1 is 0.567 bits per heavy atom. The van der Waals surface area contributed by atoms with E-state index in [0.717, 1.165) is 12.1 Å². The summed E-state index contributed by atoms with van der Waals surface area (Å²) >= 11 is 0. The second-order valence-corrected chi connectivity index (χ2v) is 14.0. The predicted octanol–water partition coefficient (Wildman–Crippen LogP) is 7.63. The van der Waals surface area contributed by atoms with Crippen LogP contribution in [0.4, 0.5) is 74.6 Å². The van der Waals surface area contributed by atoms with Crippen molar-refractivity contribution in [1.29, 1.82) is 0 Å². The average molecular weight is 1010 g/mol. The molecule has 0 aromatic carbocycles. The third-order valence-electron chi connectivity index (χ3n) is 9.35. The lowest BCUT2D eigenvalue weighted by Crippen LogP contribution is -2.74. The van der Waals surface area contributed by atoms with Gasteiger partial charge >= 0.3 is 59.6 Å². The van der Waals surface area contributed by atoms with Crippen LogP contribution in [0.2, 0.25) is 0 Å². The topological polar surface area (TPSA) is 208 Å². The predicted molar refractivity (Wildman–Crippen MR) is 183 cm³/mol. The van der Waals surface area contributed by atoms with E-state index in [9.17, 15) is 114 Å². The van der Waals surface area contributed by atoms with Crippen molar-refractivity contribution in [3.63, 3.8) is 0 Å². The van der Waals surface area contributed by atoms with Gasteiger partial charge in [-0.05, 0) is 25.0 Å².